The Morgan fingerprint density at radius 1 is 0.519 bits per heavy atom. The summed E-state index contributed by atoms with van der Waals surface area (Å²) >= 11 is 0. The molecule has 0 spiro atoms. The fourth-order valence-electron chi connectivity index (χ4n) is 7.05. The van der Waals surface area contributed by atoms with Crippen LogP contribution in [0.2, 0.25) is 0 Å². The summed E-state index contributed by atoms with van der Waals surface area (Å²) in [5.41, 5.74) is 6.43. The van der Waals surface area contributed by atoms with Crippen LogP contribution in [0.4, 0.5) is 0 Å². The Bertz CT molecular complexity index is 2010. The molecular weight excluding hydrogens is 648 g/mol. The molecule has 0 saturated heterocycles. The Labute approximate surface area is 309 Å². The van der Waals surface area contributed by atoms with E-state index in [0.717, 1.165) is 44.7 Å². The van der Waals surface area contributed by atoms with Gasteiger partial charge in [-0.25, -0.2) is 0 Å². The van der Waals surface area contributed by atoms with Crippen LogP contribution in [0.25, 0.3) is 0 Å². The maximum atomic E-state index is 14.2. The molecule has 4 aromatic carbocycles. The number of benzene rings is 4. The summed E-state index contributed by atoms with van der Waals surface area (Å²) in [6.07, 6.45) is 0. The van der Waals surface area contributed by atoms with Gasteiger partial charge in [-0.3, -0.25) is 9.59 Å². The molecule has 0 bridgehead atoms. The summed E-state index contributed by atoms with van der Waals surface area (Å²) < 4.78 is 24.7. The van der Waals surface area contributed by atoms with E-state index in [1.54, 1.807) is 0 Å². The van der Waals surface area contributed by atoms with Crippen molar-refractivity contribution in [2.45, 2.75) is 117 Å². The zero-order chi connectivity index (χ0) is 38.0. The second kappa shape index (κ2) is 13.1. The molecule has 0 radical (unpaired) electrons. The number of fused-ring (bicyclic) bond motifs is 2. The van der Waals surface area contributed by atoms with E-state index >= 15 is 0 Å². The lowest BCUT2D eigenvalue weighted by molar-refractivity contribution is -0.134. The second-order valence-corrected chi connectivity index (χ2v) is 18.4. The minimum Gasteiger partial charge on any atom is -0.490 e. The van der Waals surface area contributed by atoms with Crippen LogP contribution in [0.1, 0.15) is 139 Å². The molecule has 6 heteroatoms. The maximum Gasteiger partial charge on any atom is 0.323 e. The first-order valence-electron chi connectivity index (χ1n) is 18.4. The van der Waals surface area contributed by atoms with E-state index in [1.165, 1.54) is 0 Å². The fourth-order valence-corrected chi connectivity index (χ4v) is 7.05. The molecule has 0 aromatic heterocycles. The third kappa shape index (κ3) is 7.22. The van der Waals surface area contributed by atoms with E-state index in [2.05, 4.69) is 107 Å². The van der Waals surface area contributed by atoms with Crippen LogP contribution in [-0.2, 0) is 31.2 Å². The third-order valence-electron chi connectivity index (χ3n) is 10.1. The van der Waals surface area contributed by atoms with E-state index < -0.39 is 11.8 Å². The van der Waals surface area contributed by atoms with Gasteiger partial charge in [-0.1, -0.05) is 132 Å². The highest BCUT2D eigenvalue weighted by atomic mass is 16.5. The highest BCUT2D eigenvalue weighted by molar-refractivity contribution is 5.93. The number of hydrogen-bond donors (Lipinski definition) is 0. The lowest BCUT2D eigenvalue weighted by Gasteiger charge is -2.27. The van der Waals surface area contributed by atoms with Gasteiger partial charge in [-0.15, -0.1) is 0 Å². The van der Waals surface area contributed by atoms with Gasteiger partial charge in [0.25, 0.3) is 0 Å². The molecule has 52 heavy (non-hydrogen) atoms. The Hall–Kier alpha value is -4.58. The van der Waals surface area contributed by atoms with Gasteiger partial charge in [-0.05, 0) is 62.6 Å². The van der Waals surface area contributed by atoms with Crippen LogP contribution in [0.3, 0.4) is 0 Å². The Balaban J connectivity index is 1.50. The van der Waals surface area contributed by atoms with Crippen LogP contribution in [0.5, 0.6) is 23.0 Å². The maximum absolute atomic E-state index is 14.2. The lowest BCUT2D eigenvalue weighted by Crippen LogP contribution is -2.18. The van der Waals surface area contributed by atoms with Crippen molar-refractivity contribution in [2.75, 3.05) is 13.2 Å². The summed E-state index contributed by atoms with van der Waals surface area (Å²) in [5.74, 6) is 0.402. The van der Waals surface area contributed by atoms with Crippen molar-refractivity contribution < 1.29 is 28.5 Å². The van der Waals surface area contributed by atoms with Crippen LogP contribution >= 0.6 is 0 Å². The molecular formula is C46H54O6. The van der Waals surface area contributed by atoms with Crippen molar-refractivity contribution in [3.05, 3.63) is 117 Å². The predicted molar refractivity (Wildman–Crippen MR) is 207 cm³/mol. The standard InChI is InChI=1S/C46H54O6/c1-43(2,3)28-23-32-37(41(47)51-39(32)34(25-28)45(7,8)9)27-18-19-36(50-21-20-49-30-16-14-13-15-17-30)31(22-27)38-33-24-29(44(4,5)6)26-35(46(10,11)12)40(33)52-42(38)48/h13-19,22-26,37-38H,20-21H2,1-12H3. The molecule has 6 nitrogen and oxygen atoms in total. The van der Waals surface area contributed by atoms with Gasteiger partial charge < -0.3 is 18.9 Å². The van der Waals surface area contributed by atoms with Crippen molar-refractivity contribution in [2.24, 2.45) is 0 Å². The van der Waals surface area contributed by atoms with Crippen LogP contribution < -0.4 is 18.9 Å². The van der Waals surface area contributed by atoms with Gasteiger partial charge in [0.2, 0.25) is 0 Å². The number of carbonyl (C=O) groups excluding carboxylic acids is 2. The summed E-state index contributed by atoms with van der Waals surface area (Å²) in [7, 11) is 0. The minimum absolute atomic E-state index is 0.150. The van der Waals surface area contributed by atoms with Gasteiger partial charge in [0.05, 0.1) is 0 Å². The van der Waals surface area contributed by atoms with Gasteiger partial charge in [0.15, 0.2) is 0 Å². The second-order valence-electron chi connectivity index (χ2n) is 18.4. The minimum atomic E-state index is -0.758. The third-order valence-corrected chi connectivity index (χ3v) is 10.1. The predicted octanol–water partition coefficient (Wildman–Crippen LogP) is 10.4. The van der Waals surface area contributed by atoms with Crippen molar-refractivity contribution in [1.29, 1.82) is 0 Å². The first-order valence-corrected chi connectivity index (χ1v) is 18.4. The smallest absolute Gasteiger partial charge is 0.323 e. The van der Waals surface area contributed by atoms with E-state index in [0.29, 0.717) is 29.4 Å². The summed E-state index contributed by atoms with van der Waals surface area (Å²) in [4.78, 5) is 28.1. The number of para-hydroxylation sites is 1. The van der Waals surface area contributed by atoms with Crippen LogP contribution in [-0.4, -0.2) is 25.2 Å². The molecule has 0 N–H and O–H groups in total. The average Bonchev–Trinajstić information content (AvgIpc) is 3.55. The van der Waals surface area contributed by atoms with E-state index in [4.69, 9.17) is 18.9 Å². The Kier molecular flexibility index (Phi) is 9.39. The fraction of sp³-hybridized carbons (Fsp3) is 0.435. The molecule has 0 amide bonds. The molecule has 2 unspecified atom stereocenters. The highest BCUT2D eigenvalue weighted by Crippen LogP contribution is 2.51. The molecule has 2 atom stereocenters. The normalized spacial score (nSPS) is 17.4. The van der Waals surface area contributed by atoms with E-state index in [9.17, 15) is 9.59 Å². The summed E-state index contributed by atoms with van der Waals surface area (Å²) in [5, 5.41) is 0. The van der Waals surface area contributed by atoms with Gasteiger partial charge >= 0.3 is 11.9 Å². The first kappa shape index (κ1) is 37.2. The largest absolute Gasteiger partial charge is 0.490 e. The Morgan fingerprint density at radius 2 is 1.00 bits per heavy atom. The monoisotopic (exact) mass is 702 g/mol. The molecule has 6 rings (SSSR count). The highest BCUT2D eigenvalue weighted by Gasteiger charge is 2.43. The van der Waals surface area contributed by atoms with Gasteiger partial charge in [-0.2, -0.15) is 0 Å². The van der Waals surface area contributed by atoms with Crippen molar-refractivity contribution >= 4 is 11.9 Å². The van der Waals surface area contributed by atoms with Crippen LogP contribution in [0, 0.1) is 0 Å². The van der Waals surface area contributed by atoms with Gasteiger partial charge in [0.1, 0.15) is 48.0 Å². The quantitative estimate of drug-likeness (QED) is 0.108. The topological polar surface area (TPSA) is 71.1 Å². The first-order chi connectivity index (χ1) is 24.1. The molecule has 0 fully saturated rings. The molecule has 2 heterocycles. The molecule has 4 aromatic rings. The summed E-state index contributed by atoms with van der Waals surface area (Å²) in [6.45, 7) is 26.5. The van der Waals surface area contributed by atoms with Crippen molar-refractivity contribution in [1.82, 2.24) is 0 Å². The molecule has 2 aliphatic heterocycles. The number of rotatable bonds is 7. The lowest BCUT2D eigenvalue weighted by atomic mass is 9.76. The number of esters is 2. The number of carbonyl (C=O) groups is 2. The number of hydrogen-bond acceptors (Lipinski definition) is 6. The molecule has 0 aliphatic carbocycles. The number of ether oxygens (including phenoxy) is 4. The zero-order valence-corrected chi connectivity index (χ0v) is 32.9. The Morgan fingerprint density at radius 3 is 1.50 bits per heavy atom. The zero-order valence-electron chi connectivity index (χ0n) is 32.9. The van der Waals surface area contributed by atoms with E-state index in [-0.39, 0.29) is 40.2 Å². The molecule has 274 valence electrons. The SMILES string of the molecule is CC(C)(C)c1cc2c(c(C(C)(C)C)c1)OC(=O)C2c1ccc(OCCOc2ccccc2)c(C2C(=O)Oc3c2cc(C(C)(C)C)cc3C(C)(C)C)c1. The molecule has 2 aliphatic rings. The van der Waals surface area contributed by atoms with E-state index in [1.807, 2.05) is 48.5 Å². The van der Waals surface area contributed by atoms with Crippen LogP contribution in [0.15, 0.2) is 72.8 Å². The van der Waals surface area contributed by atoms with Crippen molar-refractivity contribution in [3.63, 3.8) is 0 Å². The van der Waals surface area contributed by atoms with Crippen molar-refractivity contribution in [3.8, 4) is 23.0 Å². The average molecular weight is 703 g/mol. The van der Waals surface area contributed by atoms with Gasteiger partial charge in [0, 0.05) is 27.8 Å². The summed E-state index contributed by atoms with van der Waals surface area (Å²) in [6, 6.07) is 23.9. The molecule has 0 saturated carbocycles.